The number of rotatable bonds is 7. The number of halogens is 2. The van der Waals surface area contributed by atoms with Crippen LogP contribution in [0.15, 0.2) is 24.3 Å². The van der Waals surface area contributed by atoms with E-state index < -0.39 is 6.61 Å². The highest BCUT2D eigenvalue weighted by molar-refractivity contribution is 5.94. The van der Waals surface area contributed by atoms with Crippen molar-refractivity contribution in [3.05, 3.63) is 29.8 Å². The maximum absolute atomic E-state index is 12.2. The van der Waals surface area contributed by atoms with Crippen molar-refractivity contribution in [1.29, 1.82) is 0 Å². The van der Waals surface area contributed by atoms with Gasteiger partial charge >= 0.3 is 6.61 Å². The molecule has 0 spiro atoms. The van der Waals surface area contributed by atoms with Crippen LogP contribution in [0.2, 0.25) is 0 Å². The van der Waals surface area contributed by atoms with Crippen LogP contribution in [0.4, 0.5) is 8.78 Å². The topological polar surface area (TPSA) is 47.6 Å². The molecule has 1 aliphatic carbocycles. The van der Waals surface area contributed by atoms with Crippen molar-refractivity contribution in [2.45, 2.75) is 32.3 Å². The first-order chi connectivity index (χ1) is 10.5. The molecule has 1 N–H and O–H groups in total. The van der Waals surface area contributed by atoms with E-state index in [-0.39, 0.29) is 17.1 Å². The van der Waals surface area contributed by atoms with Crippen molar-refractivity contribution in [2.24, 2.45) is 5.41 Å². The number of carbonyl (C=O) groups is 1. The standard InChI is InChI=1S/C16H21F2NO3/c1-21-11-16(7-2-3-8-16)10-19-14(20)12-5-4-6-13(9-12)22-15(17)18/h4-6,9,15H,2-3,7-8,10-11H2,1H3,(H,19,20). The summed E-state index contributed by atoms with van der Waals surface area (Å²) >= 11 is 0. The molecule has 0 radical (unpaired) electrons. The number of ether oxygens (including phenoxy) is 2. The highest BCUT2D eigenvalue weighted by Gasteiger charge is 2.34. The fraction of sp³-hybridized carbons (Fsp3) is 0.562. The molecule has 1 fully saturated rings. The Morgan fingerprint density at radius 2 is 2.09 bits per heavy atom. The van der Waals surface area contributed by atoms with Crippen molar-refractivity contribution in [3.63, 3.8) is 0 Å². The number of carbonyl (C=O) groups excluding carboxylic acids is 1. The Morgan fingerprint density at radius 3 is 2.73 bits per heavy atom. The second-order valence-electron chi connectivity index (χ2n) is 5.73. The Balaban J connectivity index is 1.97. The number of methoxy groups -OCH3 is 1. The number of nitrogens with one attached hydrogen (secondary N) is 1. The Hall–Kier alpha value is -1.69. The molecule has 0 atom stereocenters. The monoisotopic (exact) mass is 313 g/mol. The zero-order valence-electron chi connectivity index (χ0n) is 12.6. The number of benzene rings is 1. The molecule has 0 unspecified atom stereocenters. The van der Waals surface area contributed by atoms with E-state index in [0.29, 0.717) is 18.7 Å². The molecular weight excluding hydrogens is 292 g/mol. The average Bonchev–Trinajstić information content (AvgIpc) is 2.94. The van der Waals surface area contributed by atoms with Crippen LogP contribution < -0.4 is 10.1 Å². The molecule has 1 aliphatic rings. The van der Waals surface area contributed by atoms with E-state index in [1.54, 1.807) is 13.2 Å². The number of hydrogen-bond acceptors (Lipinski definition) is 3. The lowest BCUT2D eigenvalue weighted by atomic mass is 9.87. The zero-order valence-corrected chi connectivity index (χ0v) is 12.6. The van der Waals surface area contributed by atoms with Gasteiger partial charge in [0.15, 0.2) is 0 Å². The summed E-state index contributed by atoms with van der Waals surface area (Å²) in [6.07, 6.45) is 4.32. The van der Waals surface area contributed by atoms with Crippen LogP contribution in [0.5, 0.6) is 5.75 Å². The minimum atomic E-state index is -2.90. The van der Waals surface area contributed by atoms with Gasteiger partial charge in [0.05, 0.1) is 6.61 Å². The smallest absolute Gasteiger partial charge is 0.387 e. The lowest BCUT2D eigenvalue weighted by Gasteiger charge is -2.28. The molecule has 1 amide bonds. The molecule has 1 aromatic carbocycles. The molecule has 0 saturated heterocycles. The largest absolute Gasteiger partial charge is 0.435 e. The predicted octanol–water partition coefficient (Wildman–Crippen LogP) is 3.22. The lowest BCUT2D eigenvalue weighted by Crippen LogP contribution is -2.38. The fourth-order valence-electron chi connectivity index (χ4n) is 2.99. The van der Waals surface area contributed by atoms with Crippen molar-refractivity contribution in [1.82, 2.24) is 5.32 Å². The molecule has 4 nitrogen and oxygen atoms in total. The maximum atomic E-state index is 12.2. The van der Waals surface area contributed by atoms with Gasteiger partial charge in [0.25, 0.3) is 5.91 Å². The van der Waals surface area contributed by atoms with Crippen molar-refractivity contribution in [2.75, 3.05) is 20.3 Å². The van der Waals surface area contributed by atoms with Crippen LogP contribution in [0.3, 0.4) is 0 Å². The molecule has 1 aromatic rings. The summed E-state index contributed by atoms with van der Waals surface area (Å²) in [5.74, 6) is -0.308. The average molecular weight is 313 g/mol. The maximum Gasteiger partial charge on any atom is 0.387 e. The molecule has 0 aromatic heterocycles. The summed E-state index contributed by atoms with van der Waals surface area (Å²) in [4.78, 5) is 12.2. The molecular formula is C16H21F2NO3. The van der Waals surface area contributed by atoms with Crippen LogP contribution in [-0.2, 0) is 4.74 Å². The lowest BCUT2D eigenvalue weighted by molar-refractivity contribution is -0.0498. The van der Waals surface area contributed by atoms with Crippen molar-refractivity contribution in [3.8, 4) is 5.75 Å². The van der Waals surface area contributed by atoms with E-state index in [9.17, 15) is 13.6 Å². The SMILES string of the molecule is COCC1(CNC(=O)c2cccc(OC(F)F)c2)CCCC1. The van der Waals surface area contributed by atoms with E-state index >= 15 is 0 Å². The number of alkyl halides is 2. The minimum absolute atomic E-state index is 0.0124. The summed E-state index contributed by atoms with van der Waals surface area (Å²) < 4.78 is 34.0. The van der Waals surface area contributed by atoms with Gasteiger partial charge < -0.3 is 14.8 Å². The third-order valence-electron chi connectivity index (χ3n) is 4.06. The highest BCUT2D eigenvalue weighted by Crippen LogP contribution is 2.37. The molecule has 1 saturated carbocycles. The summed E-state index contributed by atoms with van der Waals surface area (Å²) in [5, 5.41) is 2.89. The molecule has 0 bridgehead atoms. The van der Waals surface area contributed by atoms with Gasteiger partial charge in [-0.3, -0.25) is 4.79 Å². The van der Waals surface area contributed by atoms with Crippen molar-refractivity contribution >= 4 is 5.91 Å². The van der Waals surface area contributed by atoms with Gasteiger partial charge in [0, 0.05) is 24.6 Å². The normalized spacial score (nSPS) is 16.7. The summed E-state index contributed by atoms with van der Waals surface area (Å²) in [7, 11) is 1.66. The zero-order chi connectivity index (χ0) is 16.0. The molecule has 22 heavy (non-hydrogen) atoms. The first-order valence-corrected chi connectivity index (χ1v) is 7.37. The van der Waals surface area contributed by atoms with Gasteiger partial charge in [0.1, 0.15) is 5.75 Å². The Morgan fingerprint density at radius 1 is 1.36 bits per heavy atom. The second-order valence-corrected chi connectivity index (χ2v) is 5.73. The summed E-state index contributed by atoms with van der Waals surface area (Å²) in [6.45, 7) is -1.76. The van der Waals surface area contributed by atoms with E-state index in [4.69, 9.17) is 4.74 Å². The minimum Gasteiger partial charge on any atom is -0.435 e. The van der Waals surface area contributed by atoms with E-state index in [2.05, 4.69) is 10.1 Å². The number of hydrogen-bond donors (Lipinski definition) is 1. The van der Waals surface area contributed by atoms with Gasteiger partial charge in [0.2, 0.25) is 0 Å². The van der Waals surface area contributed by atoms with Gasteiger partial charge in [-0.1, -0.05) is 18.9 Å². The van der Waals surface area contributed by atoms with Crippen LogP contribution in [0, 0.1) is 5.41 Å². The summed E-state index contributed by atoms with van der Waals surface area (Å²) in [5.41, 5.74) is 0.297. The Kier molecular flexibility index (Phi) is 5.71. The van der Waals surface area contributed by atoms with Crippen LogP contribution in [0.25, 0.3) is 0 Å². The van der Waals surface area contributed by atoms with Crippen LogP contribution >= 0.6 is 0 Å². The highest BCUT2D eigenvalue weighted by atomic mass is 19.3. The Labute approximate surface area is 128 Å². The van der Waals surface area contributed by atoms with E-state index in [0.717, 1.165) is 25.7 Å². The van der Waals surface area contributed by atoms with Gasteiger partial charge in [-0.05, 0) is 31.0 Å². The quantitative estimate of drug-likeness (QED) is 0.841. The number of amides is 1. The van der Waals surface area contributed by atoms with Gasteiger partial charge in [-0.25, -0.2) is 0 Å². The van der Waals surface area contributed by atoms with Gasteiger partial charge in [-0.15, -0.1) is 0 Å². The molecule has 122 valence electrons. The third-order valence-corrected chi connectivity index (χ3v) is 4.06. The second kappa shape index (κ2) is 7.54. The first-order valence-electron chi connectivity index (χ1n) is 7.37. The Bertz CT molecular complexity index is 502. The van der Waals surface area contributed by atoms with Crippen molar-refractivity contribution < 1.29 is 23.0 Å². The molecule has 2 rings (SSSR count). The summed E-state index contributed by atoms with van der Waals surface area (Å²) in [6, 6.07) is 5.81. The third kappa shape index (κ3) is 4.40. The molecule has 0 heterocycles. The fourth-order valence-corrected chi connectivity index (χ4v) is 2.99. The molecule has 0 aliphatic heterocycles. The van der Waals surface area contributed by atoms with E-state index in [1.165, 1.54) is 18.2 Å². The molecule has 6 heteroatoms. The van der Waals surface area contributed by atoms with Gasteiger partial charge in [-0.2, -0.15) is 8.78 Å². The van der Waals surface area contributed by atoms with E-state index in [1.807, 2.05) is 0 Å². The first kappa shape index (κ1) is 16.7. The predicted molar refractivity (Wildman–Crippen MR) is 78.2 cm³/mol. The van der Waals surface area contributed by atoms with Crippen LogP contribution in [0.1, 0.15) is 36.0 Å². The van der Waals surface area contributed by atoms with Crippen LogP contribution in [-0.4, -0.2) is 32.8 Å².